The standard InChI is InChI=1S/C5H8O2/c1-4-2-3-5(6)7-4/h4H,2-3H2,1H3/i2D2,4D. The Morgan fingerprint density at radius 3 is 3.14 bits per heavy atom. The zero-order chi connectivity index (χ0) is 7.99. The fourth-order valence-electron chi connectivity index (χ4n) is 0.440. The van der Waals surface area contributed by atoms with Gasteiger partial charge in [-0.25, -0.2) is 0 Å². The van der Waals surface area contributed by atoms with Crippen molar-refractivity contribution in [1.82, 2.24) is 0 Å². The Labute approximate surface area is 46.7 Å². The average Bonchev–Trinajstić information content (AvgIpc) is 1.73. The molecular formula is C5H8O2. The predicted molar refractivity (Wildman–Crippen MR) is 24.8 cm³/mol. The number of hydrogen-bond donors (Lipinski definition) is 0. The summed E-state index contributed by atoms with van der Waals surface area (Å²) in [7, 11) is 0. The lowest BCUT2D eigenvalue weighted by Gasteiger charge is -1.95. The van der Waals surface area contributed by atoms with Crippen molar-refractivity contribution in [2.45, 2.75) is 25.8 Å². The molecule has 1 fully saturated rings. The first-order chi connectivity index (χ1) is 4.35. The van der Waals surface area contributed by atoms with E-state index in [1.54, 1.807) is 0 Å². The van der Waals surface area contributed by atoms with Crippen LogP contribution < -0.4 is 0 Å². The molecule has 0 amide bonds. The fraction of sp³-hybridized carbons (Fsp3) is 0.800. The fourth-order valence-corrected chi connectivity index (χ4v) is 0.440. The van der Waals surface area contributed by atoms with Gasteiger partial charge in [0.15, 0.2) is 0 Å². The van der Waals surface area contributed by atoms with Crippen LogP contribution in [0.3, 0.4) is 0 Å². The number of carbonyl (C=O) groups is 1. The maximum Gasteiger partial charge on any atom is 0.306 e. The first-order valence-electron chi connectivity index (χ1n) is 3.57. The van der Waals surface area contributed by atoms with Crippen LogP contribution in [0.5, 0.6) is 0 Å². The van der Waals surface area contributed by atoms with Crippen LogP contribution in [0.2, 0.25) is 0 Å². The van der Waals surface area contributed by atoms with Crippen LogP contribution in [-0.4, -0.2) is 12.0 Å². The molecule has 1 aliphatic rings. The van der Waals surface area contributed by atoms with E-state index in [4.69, 9.17) is 4.11 Å². The molecular weight excluding hydrogens is 92.1 g/mol. The minimum Gasteiger partial charge on any atom is -0.463 e. The topological polar surface area (TPSA) is 26.3 Å². The minimum absolute atomic E-state index is 0.312. The molecule has 1 heterocycles. The molecule has 2 heteroatoms. The maximum absolute atomic E-state index is 10.5. The smallest absolute Gasteiger partial charge is 0.306 e. The first-order valence-corrected chi connectivity index (χ1v) is 2.07. The van der Waals surface area contributed by atoms with Gasteiger partial charge in [-0.2, -0.15) is 0 Å². The SMILES string of the molecule is [2H]C1([2H])CC(=O)OC1([2H])C. The summed E-state index contributed by atoms with van der Waals surface area (Å²) in [6.07, 6.45) is -3.86. The molecule has 40 valence electrons. The van der Waals surface area contributed by atoms with E-state index in [0.717, 1.165) is 0 Å². The second-order valence-electron chi connectivity index (χ2n) is 1.38. The van der Waals surface area contributed by atoms with Crippen molar-refractivity contribution >= 4 is 5.97 Å². The summed E-state index contributed by atoms with van der Waals surface area (Å²) in [6, 6.07) is 0. The van der Waals surface area contributed by atoms with Crippen molar-refractivity contribution in [3.05, 3.63) is 0 Å². The van der Waals surface area contributed by atoms with Gasteiger partial charge in [-0.1, -0.05) is 0 Å². The molecule has 1 unspecified atom stereocenters. The van der Waals surface area contributed by atoms with E-state index in [2.05, 4.69) is 4.74 Å². The highest BCUT2D eigenvalue weighted by atomic mass is 16.5. The molecule has 0 spiro atoms. The van der Waals surface area contributed by atoms with E-state index in [0.29, 0.717) is 0 Å². The highest BCUT2D eigenvalue weighted by Crippen LogP contribution is 2.11. The molecule has 0 aromatic heterocycles. The predicted octanol–water partition coefficient (Wildman–Crippen LogP) is 0.712. The summed E-state index contributed by atoms with van der Waals surface area (Å²) in [5.74, 6) is -0.637. The lowest BCUT2D eigenvalue weighted by atomic mass is 10.3. The van der Waals surface area contributed by atoms with E-state index >= 15 is 0 Å². The Bertz CT molecular complexity index is 158. The highest BCUT2D eigenvalue weighted by Gasteiger charge is 2.17. The monoisotopic (exact) mass is 103 g/mol. The zero-order valence-electron chi connectivity index (χ0n) is 7.02. The summed E-state index contributed by atoms with van der Waals surface area (Å²) in [4.78, 5) is 10.5. The third-order valence-corrected chi connectivity index (χ3v) is 0.749. The molecule has 0 N–H and O–H groups in total. The van der Waals surface area contributed by atoms with Gasteiger partial charge in [0, 0.05) is 9.16 Å². The number of hydrogen-bond acceptors (Lipinski definition) is 2. The number of cyclic esters (lactones) is 1. The molecule has 7 heavy (non-hydrogen) atoms. The molecule has 0 aliphatic carbocycles. The van der Waals surface area contributed by atoms with Gasteiger partial charge >= 0.3 is 5.97 Å². The summed E-state index contributed by atoms with van der Waals surface area (Å²) in [5, 5.41) is 0. The Morgan fingerprint density at radius 2 is 3.00 bits per heavy atom. The molecule has 1 rings (SSSR count). The van der Waals surface area contributed by atoms with Crippen molar-refractivity contribution < 1.29 is 13.6 Å². The summed E-state index contributed by atoms with van der Waals surface area (Å²) in [6.45, 7) is 1.25. The Kier molecular flexibility index (Phi) is 0.470. The van der Waals surface area contributed by atoms with Crippen LogP contribution in [0.1, 0.15) is 23.8 Å². The van der Waals surface area contributed by atoms with Gasteiger partial charge in [0.2, 0.25) is 0 Å². The van der Waals surface area contributed by atoms with Crippen molar-refractivity contribution in [2.75, 3.05) is 0 Å². The Hall–Kier alpha value is -0.530. The molecule has 0 saturated carbocycles. The quantitative estimate of drug-likeness (QED) is 0.422. The number of ether oxygens (including phenoxy) is 1. The van der Waals surface area contributed by atoms with Crippen LogP contribution in [0.25, 0.3) is 0 Å². The van der Waals surface area contributed by atoms with Gasteiger partial charge in [0.05, 0.1) is 7.45 Å². The highest BCUT2D eigenvalue weighted by molar-refractivity contribution is 5.71. The van der Waals surface area contributed by atoms with Crippen LogP contribution in [0.15, 0.2) is 0 Å². The van der Waals surface area contributed by atoms with E-state index < -0.39 is 18.4 Å². The number of esters is 1. The third-order valence-electron chi connectivity index (χ3n) is 0.749. The Morgan fingerprint density at radius 1 is 2.29 bits per heavy atom. The van der Waals surface area contributed by atoms with Crippen LogP contribution >= 0.6 is 0 Å². The van der Waals surface area contributed by atoms with Gasteiger partial charge in [0.25, 0.3) is 0 Å². The Balaban J connectivity index is 2.88. The van der Waals surface area contributed by atoms with Gasteiger partial charge < -0.3 is 4.74 Å². The summed E-state index contributed by atoms with van der Waals surface area (Å²) in [5.41, 5.74) is 0. The molecule has 0 radical (unpaired) electrons. The van der Waals surface area contributed by atoms with Gasteiger partial charge in [-0.3, -0.25) is 4.79 Å². The van der Waals surface area contributed by atoms with Crippen molar-refractivity contribution in [3.8, 4) is 0 Å². The molecule has 1 saturated heterocycles. The number of rotatable bonds is 0. The molecule has 0 bridgehead atoms. The molecule has 1 atom stereocenters. The van der Waals surface area contributed by atoms with Gasteiger partial charge in [-0.05, 0) is 13.3 Å². The molecule has 1 aliphatic heterocycles. The second kappa shape index (κ2) is 1.52. The normalized spacial score (nSPS) is 54.4. The van der Waals surface area contributed by atoms with Crippen molar-refractivity contribution in [3.63, 3.8) is 0 Å². The minimum atomic E-state index is -1.84. The lowest BCUT2D eigenvalue weighted by molar-refractivity contribution is -0.140. The van der Waals surface area contributed by atoms with E-state index in [9.17, 15) is 4.79 Å². The molecule has 0 aromatic carbocycles. The van der Waals surface area contributed by atoms with E-state index in [1.165, 1.54) is 6.92 Å². The lowest BCUT2D eigenvalue weighted by Crippen LogP contribution is -1.98. The maximum atomic E-state index is 10.5. The van der Waals surface area contributed by atoms with Gasteiger partial charge in [0.1, 0.15) is 0 Å². The van der Waals surface area contributed by atoms with Crippen LogP contribution in [0, 0.1) is 0 Å². The second-order valence-corrected chi connectivity index (χ2v) is 1.38. The van der Waals surface area contributed by atoms with Crippen molar-refractivity contribution in [1.29, 1.82) is 0 Å². The van der Waals surface area contributed by atoms with Crippen molar-refractivity contribution in [2.24, 2.45) is 0 Å². The number of carbonyl (C=O) groups excluding carboxylic acids is 1. The van der Waals surface area contributed by atoms with E-state index in [-0.39, 0.29) is 6.42 Å². The average molecular weight is 103 g/mol. The van der Waals surface area contributed by atoms with E-state index in [1.807, 2.05) is 0 Å². The molecule has 2 nitrogen and oxygen atoms in total. The third kappa shape index (κ3) is 0.918. The van der Waals surface area contributed by atoms with Gasteiger partial charge in [-0.15, -0.1) is 0 Å². The van der Waals surface area contributed by atoms with Crippen LogP contribution in [-0.2, 0) is 9.53 Å². The first kappa shape index (κ1) is 2.16. The molecule has 0 aromatic rings. The largest absolute Gasteiger partial charge is 0.463 e. The summed E-state index contributed by atoms with van der Waals surface area (Å²) < 4.78 is 25.9. The van der Waals surface area contributed by atoms with Crippen LogP contribution in [0.4, 0.5) is 0 Å². The summed E-state index contributed by atoms with van der Waals surface area (Å²) >= 11 is 0. The zero-order valence-corrected chi connectivity index (χ0v) is 4.02.